The fourth-order valence-corrected chi connectivity index (χ4v) is 2.76. The van der Waals surface area contributed by atoms with Crippen LogP contribution in [0.3, 0.4) is 0 Å². The maximum absolute atomic E-state index is 12.6. The first-order valence-electron chi connectivity index (χ1n) is 7.32. The molecule has 7 heteroatoms. The summed E-state index contributed by atoms with van der Waals surface area (Å²) in [4.78, 5) is 15.8. The molecule has 126 valence electrons. The van der Waals surface area contributed by atoms with Crippen LogP contribution in [0.2, 0.25) is 0 Å². The first-order chi connectivity index (χ1) is 10.1. The first kappa shape index (κ1) is 18.5. The van der Waals surface area contributed by atoms with Gasteiger partial charge in [-0.3, -0.25) is 9.79 Å². The van der Waals surface area contributed by atoms with E-state index >= 15 is 0 Å². The van der Waals surface area contributed by atoms with E-state index in [4.69, 9.17) is 10.5 Å². The summed E-state index contributed by atoms with van der Waals surface area (Å²) in [5.74, 6) is -0.283. The zero-order valence-electron chi connectivity index (χ0n) is 13.3. The standard InChI is InChI=1S/C15H23F3N2O2/c1-5-10-6-13(21)22-14(9(3)8(10)2)11(20-4)7-12(19)15(16,17)18/h7-10,14H,5-6,19H2,1-4H3/t8?,9-,10?,14+/m1/s1. The second-order valence-electron chi connectivity index (χ2n) is 5.75. The number of rotatable bonds is 3. The lowest BCUT2D eigenvalue weighted by Crippen LogP contribution is -2.35. The lowest BCUT2D eigenvalue weighted by molar-refractivity contribution is -0.146. The third kappa shape index (κ3) is 4.24. The Labute approximate surface area is 128 Å². The van der Waals surface area contributed by atoms with E-state index in [0.717, 1.165) is 12.5 Å². The minimum Gasteiger partial charge on any atom is -0.456 e. The van der Waals surface area contributed by atoms with Gasteiger partial charge in [-0.15, -0.1) is 0 Å². The summed E-state index contributed by atoms with van der Waals surface area (Å²) in [6.07, 6.45) is -3.61. The predicted molar refractivity (Wildman–Crippen MR) is 78.3 cm³/mol. The van der Waals surface area contributed by atoms with Crippen LogP contribution < -0.4 is 5.73 Å². The lowest BCUT2D eigenvalue weighted by atomic mass is 9.78. The summed E-state index contributed by atoms with van der Waals surface area (Å²) in [5.41, 5.74) is 3.85. The molecule has 0 aliphatic carbocycles. The van der Waals surface area contributed by atoms with Crippen molar-refractivity contribution in [3.8, 4) is 0 Å². The molecule has 0 amide bonds. The van der Waals surface area contributed by atoms with Crippen LogP contribution in [0.5, 0.6) is 0 Å². The van der Waals surface area contributed by atoms with Crippen LogP contribution in [0.15, 0.2) is 16.8 Å². The number of carbonyl (C=O) groups excluding carboxylic acids is 1. The van der Waals surface area contributed by atoms with Crippen molar-refractivity contribution in [3.63, 3.8) is 0 Å². The zero-order valence-corrected chi connectivity index (χ0v) is 13.3. The van der Waals surface area contributed by atoms with E-state index in [9.17, 15) is 18.0 Å². The van der Waals surface area contributed by atoms with Crippen LogP contribution >= 0.6 is 0 Å². The minimum absolute atomic E-state index is 0.0410. The Kier molecular flexibility index (Phi) is 6.02. The molecule has 1 aliphatic rings. The van der Waals surface area contributed by atoms with Gasteiger partial charge in [-0.2, -0.15) is 13.2 Å². The van der Waals surface area contributed by atoms with Gasteiger partial charge in [0, 0.05) is 19.4 Å². The summed E-state index contributed by atoms with van der Waals surface area (Å²) >= 11 is 0. The number of allylic oxidation sites excluding steroid dienone is 1. The number of nitrogens with two attached hydrogens (primary N) is 1. The Morgan fingerprint density at radius 1 is 1.41 bits per heavy atom. The molecule has 22 heavy (non-hydrogen) atoms. The quantitative estimate of drug-likeness (QED) is 0.642. The number of hydrogen-bond acceptors (Lipinski definition) is 4. The summed E-state index contributed by atoms with van der Waals surface area (Å²) in [5, 5.41) is 0. The number of carbonyl (C=O) groups is 1. The third-order valence-corrected chi connectivity index (χ3v) is 4.44. The molecular weight excluding hydrogens is 297 g/mol. The van der Waals surface area contributed by atoms with Crippen LogP contribution in [-0.4, -0.2) is 31.0 Å². The van der Waals surface area contributed by atoms with Gasteiger partial charge in [0.1, 0.15) is 11.8 Å². The van der Waals surface area contributed by atoms with E-state index in [1.165, 1.54) is 7.05 Å². The normalized spacial score (nSPS) is 31.7. The number of nitrogens with zero attached hydrogens (tertiary/aromatic N) is 1. The molecule has 1 rings (SSSR count). The van der Waals surface area contributed by atoms with Crippen LogP contribution in [0.4, 0.5) is 13.2 Å². The highest BCUT2D eigenvalue weighted by atomic mass is 19.4. The monoisotopic (exact) mass is 320 g/mol. The number of hydrogen-bond donors (Lipinski definition) is 1. The number of aliphatic imine (C=N–C) groups is 1. The molecule has 1 heterocycles. The molecule has 0 aromatic heterocycles. The third-order valence-electron chi connectivity index (χ3n) is 4.44. The second-order valence-corrected chi connectivity index (χ2v) is 5.75. The van der Waals surface area contributed by atoms with Crippen molar-refractivity contribution in [2.75, 3.05) is 7.05 Å². The van der Waals surface area contributed by atoms with Crippen LogP contribution in [-0.2, 0) is 9.53 Å². The summed E-state index contributed by atoms with van der Waals surface area (Å²) < 4.78 is 43.2. The van der Waals surface area contributed by atoms with Crippen LogP contribution in [0.1, 0.15) is 33.6 Å². The summed E-state index contributed by atoms with van der Waals surface area (Å²) in [6.45, 7) is 5.83. The Bertz CT molecular complexity index is 472. The van der Waals surface area contributed by atoms with Gasteiger partial charge in [0.15, 0.2) is 0 Å². The Morgan fingerprint density at radius 2 is 2.00 bits per heavy atom. The van der Waals surface area contributed by atoms with Gasteiger partial charge in [-0.1, -0.05) is 27.2 Å². The molecule has 1 fully saturated rings. The maximum atomic E-state index is 12.6. The van der Waals surface area contributed by atoms with Gasteiger partial charge in [-0.05, 0) is 17.9 Å². The van der Waals surface area contributed by atoms with E-state index in [1.54, 1.807) is 0 Å². The van der Waals surface area contributed by atoms with Crippen molar-refractivity contribution in [1.29, 1.82) is 0 Å². The average molecular weight is 320 g/mol. The van der Waals surface area contributed by atoms with Crippen molar-refractivity contribution in [2.45, 2.75) is 45.9 Å². The fraction of sp³-hybridized carbons (Fsp3) is 0.733. The SMILES string of the molecule is CCC1CC(=O)O[C@H](C(C=C(N)C(F)(F)F)=NC)[C@H](C)C1C. The second kappa shape index (κ2) is 7.15. The molecule has 1 aliphatic heterocycles. The molecule has 0 saturated carbocycles. The van der Waals surface area contributed by atoms with Gasteiger partial charge in [-0.25, -0.2) is 0 Å². The number of halogens is 3. The molecule has 0 aromatic rings. The van der Waals surface area contributed by atoms with Gasteiger partial charge < -0.3 is 10.5 Å². The molecule has 0 aromatic carbocycles. The fourth-order valence-electron chi connectivity index (χ4n) is 2.76. The average Bonchev–Trinajstić information content (AvgIpc) is 2.54. The minimum atomic E-state index is -4.63. The summed E-state index contributed by atoms with van der Waals surface area (Å²) in [7, 11) is 1.36. The molecule has 2 N–H and O–H groups in total. The number of alkyl halides is 3. The Balaban J connectivity index is 3.13. The van der Waals surface area contributed by atoms with Crippen molar-refractivity contribution < 1.29 is 22.7 Å². The summed E-state index contributed by atoms with van der Waals surface area (Å²) in [6, 6.07) is 0. The molecule has 4 atom stereocenters. The molecule has 2 unspecified atom stereocenters. The Morgan fingerprint density at radius 3 is 2.45 bits per heavy atom. The van der Waals surface area contributed by atoms with E-state index in [2.05, 4.69) is 4.99 Å². The number of ether oxygens (including phenoxy) is 1. The molecule has 4 nitrogen and oxygen atoms in total. The number of esters is 1. The van der Waals surface area contributed by atoms with Crippen molar-refractivity contribution >= 4 is 11.7 Å². The molecule has 0 radical (unpaired) electrons. The van der Waals surface area contributed by atoms with Crippen molar-refractivity contribution in [2.24, 2.45) is 28.5 Å². The highest BCUT2D eigenvalue weighted by molar-refractivity contribution is 6.00. The van der Waals surface area contributed by atoms with Gasteiger partial charge in [0.2, 0.25) is 0 Å². The first-order valence-corrected chi connectivity index (χ1v) is 7.32. The highest BCUT2D eigenvalue weighted by Crippen LogP contribution is 2.34. The van der Waals surface area contributed by atoms with Crippen LogP contribution in [0, 0.1) is 17.8 Å². The van der Waals surface area contributed by atoms with E-state index < -0.39 is 23.9 Å². The molecule has 1 saturated heterocycles. The van der Waals surface area contributed by atoms with Crippen molar-refractivity contribution in [1.82, 2.24) is 0 Å². The van der Waals surface area contributed by atoms with Gasteiger partial charge >= 0.3 is 12.1 Å². The zero-order chi connectivity index (χ0) is 17.1. The highest BCUT2D eigenvalue weighted by Gasteiger charge is 2.39. The predicted octanol–water partition coefficient (Wildman–Crippen LogP) is 3.08. The van der Waals surface area contributed by atoms with E-state index in [0.29, 0.717) is 0 Å². The lowest BCUT2D eigenvalue weighted by Gasteiger charge is -2.28. The largest absolute Gasteiger partial charge is 0.456 e. The molecule has 0 bridgehead atoms. The van der Waals surface area contributed by atoms with E-state index in [1.807, 2.05) is 20.8 Å². The van der Waals surface area contributed by atoms with Gasteiger partial charge in [0.05, 0.1) is 5.71 Å². The topological polar surface area (TPSA) is 64.7 Å². The Hall–Kier alpha value is -1.53. The van der Waals surface area contributed by atoms with Crippen LogP contribution in [0.25, 0.3) is 0 Å². The molecular formula is C15H23F3N2O2. The number of cyclic esters (lactones) is 1. The van der Waals surface area contributed by atoms with E-state index in [-0.39, 0.29) is 29.9 Å². The van der Waals surface area contributed by atoms with Gasteiger partial charge in [0.25, 0.3) is 0 Å². The van der Waals surface area contributed by atoms with Crippen molar-refractivity contribution in [3.05, 3.63) is 11.8 Å². The maximum Gasteiger partial charge on any atom is 0.430 e. The molecule has 0 spiro atoms. The smallest absolute Gasteiger partial charge is 0.430 e.